The fraction of sp³-hybridized carbons (Fsp3) is 0.500. The van der Waals surface area contributed by atoms with E-state index in [1.807, 2.05) is 0 Å². The van der Waals surface area contributed by atoms with E-state index in [4.69, 9.17) is 4.74 Å². The van der Waals surface area contributed by atoms with Crippen molar-refractivity contribution in [3.63, 3.8) is 0 Å². The van der Waals surface area contributed by atoms with Crippen molar-refractivity contribution >= 4 is 5.91 Å². The molecule has 1 saturated carbocycles. The summed E-state index contributed by atoms with van der Waals surface area (Å²) >= 11 is 0. The van der Waals surface area contributed by atoms with Crippen molar-refractivity contribution in [2.24, 2.45) is 0 Å². The Morgan fingerprint density at radius 3 is 2.83 bits per heavy atom. The molecule has 0 aliphatic heterocycles. The maximum atomic E-state index is 13.3. The SMILES string of the molecule is Cc1ccc(OCC(=O)NC2CCCC2)cc1F. The summed E-state index contributed by atoms with van der Waals surface area (Å²) in [7, 11) is 0. The number of carbonyl (C=O) groups excluding carboxylic acids is 1. The predicted octanol–water partition coefficient (Wildman–Crippen LogP) is 2.57. The molecule has 0 aromatic heterocycles. The normalized spacial score (nSPS) is 15.7. The van der Waals surface area contributed by atoms with Crippen LogP contribution in [0.15, 0.2) is 18.2 Å². The summed E-state index contributed by atoms with van der Waals surface area (Å²) in [5.41, 5.74) is 0.567. The Balaban J connectivity index is 1.79. The molecule has 98 valence electrons. The molecular weight excluding hydrogens is 233 g/mol. The molecule has 0 bridgehead atoms. The number of hydrogen-bond acceptors (Lipinski definition) is 2. The van der Waals surface area contributed by atoms with Gasteiger partial charge < -0.3 is 10.1 Å². The Morgan fingerprint density at radius 2 is 2.17 bits per heavy atom. The van der Waals surface area contributed by atoms with Crippen molar-refractivity contribution in [1.29, 1.82) is 0 Å². The molecule has 0 saturated heterocycles. The van der Waals surface area contributed by atoms with Gasteiger partial charge in [0.25, 0.3) is 5.91 Å². The number of rotatable bonds is 4. The van der Waals surface area contributed by atoms with Gasteiger partial charge in [0.1, 0.15) is 11.6 Å². The molecule has 1 aromatic rings. The monoisotopic (exact) mass is 251 g/mol. The molecule has 0 spiro atoms. The fourth-order valence-corrected chi connectivity index (χ4v) is 2.15. The summed E-state index contributed by atoms with van der Waals surface area (Å²) < 4.78 is 18.5. The lowest BCUT2D eigenvalue weighted by Gasteiger charge is -2.12. The van der Waals surface area contributed by atoms with Crippen LogP contribution in [-0.2, 0) is 4.79 Å². The van der Waals surface area contributed by atoms with Crippen LogP contribution in [0.25, 0.3) is 0 Å². The number of hydrogen-bond donors (Lipinski definition) is 1. The number of aryl methyl sites for hydroxylation is 1. The van der Waals surface area contributed by atoms with Crippen LogP contribution in [0.5, 0.6) is 5.75 Å². The van der Waals surface area contributed by atoms with Crippen molar-refractivity contribution < 1.29 is 13.9 Å². The third-order valence-corrected chi connectivity index (χ3v) is 3.23. The summed E-state index contributed by atoms with van der Waals surface area (Å²) in [6.07, 6.45) is 4.44. The van der Waals surface area contributed by atoms with Gasteiger partial charge in [0.05, 0.1) is 0 Å². The van der Waals surface area contributed by atoms with Gasteiger partial charge in [-0.15, -0.1) is 0 Å². The van der Waals surface area contributed by atoms with Crippen LogP contribution in [0.2, 0.25) is 0 Å². The van der Waals surface area contributed by atoms with Crippen molar-refractivity contribution in [2.45, 2.75) is 38.6 Å². The first kappa shape index (κ1) is 12.9. The second-order valence-electron chi connectivity index (χ2n) is 4.75. The Labute approximate surface area is 106 Å². The minimum absolute atomic E-state index is 0.0565. The van der Waals surface area contributed by atoms with E-state index in [-0.39, 0.29) is 24.4 Å². The molecule has 0 atom stereocenters. The molecule has 0 unspecified atom stereocenters. The number of carbonyl (C=O) groups is 1. The van der Waals surface area contributed by atoms with Crippen molar-refractivity contribution in [3.8, 4) is 5.75 Å². The van der Waals surface area contributed by atoms with E-state index in [0.717, 1.165) is 12.8 Å². The average molecular weight is 251 g/mol. The van der Waals surface area contributed by atoms with E-state index in [9.17, 15) is 9.18 Å². The Kier molecular flexibility index (Phi) is 4.18. The lowest BCUT2D eigenvalue weighted by molar-refractivity contribution is -0.123. The summed E-state index contributed by atoms with van der Waals surface area (Å²) in [5, 5.41) is 2.92. The van der Waals surface area contributed by atoms with Crippen LogP contribution in [0.1, 0.15) is 31.2 Å². The van der Waals surface area contributed by atoms with E-state index < -0.39 is 0 Å². The van der Waals surface area contributed by atoms with Gasteiger partial charge in [-0.05, 0) is 31.4 Å². The van der Waals surface area contributed by atoms with Gasteiger partial charge in [-0.25, -0.2) is 4.39 Å². The maximum Gasteiger partial charge on any atom is 0.258 e. The highest BCUT2D eigenvalue weighted by molar-refractivity contribution is 5.77. The topological polar surface area (TPSA) is 38.3 Å². The zero-order chi connectivity index (χ0) is 13.0. The van der Waals surface area contributed by atoms with Crippen LogP contribution in [0.4, 0.5) is 4.39 Å². The summed E-state index contributed by atoms with van der Waals surface area (Å²) in [6.45, 7) is 1.63. The molecule has 1 fully saturated rings. The van der Waals surface area contributed by atoms with E-state index in [0.29, 0.717) is 11.3 Å². The molecule has 1 amide bonds. The van der Waals surface area contributed by atoms with Gasteiger partial charge >= 0.3 is 0 Å². The number of nitrogens with one attached hydrogen (secondary N) is 1. The highest BCUT2D eigenvalue weighted by atomic mass is 19.1. The zero-order valence-corrected chi connectivity index (χ0v) is 10.5. The highest BCUT2D eigenvalue weighted by Gasteiger charge is 2.17. The van der Waals surface area contributed by atoms with Gasteiger partial charge in [0.15, 0.2) is 6.61 Å². The second kappa shape index (κ2) is 5.85. The number of ether oxygens (including phenoxy) is 1. The molecule has 3 nitrogen and oxygen atoms in total. The third kappa shape index (κ3) is 3.45. The molecule has 1 aromatic carbocycles. The zero-order valence-electron chi connectivity index (χ0n) is 10.5. The van der Waals surface area contributed by atoms with Gasteiger partial charge in [-0.3, -0.25) is 4.79 Å². The lowest BCUT2D eigenvalue weighted by Crippen LogP contribution is -2.36. The summed E-state index contributed by atoms with van der Waals surface area (Å²) in [6, 6.07) is 4.90. The standard InChI is InChI=1S/C14H18FNO2/c1-10-6-7-12(8-13(10)15)18-9-14(17)16-11-4-2-3-5-11/h6-8,11H,2-5,9H2,1H3,(H,16,17). The molecule has 2 rings (SSSR count). The molecule has 1 N–H and O–H groups in total. The smallest absolute Gasteiger partial charge is 0.258 e. The number of benzene rings is 1. The van der Waals surface area contributed by atoms with Crippen molar-refractivity contribution in [3.05, 3.63) is 29.6 Å². The maximum absolute atomic E-state index is 13.3. The number of amides is 1. The Bertz CT molecular complexity index is 428. The Morgan fingerprint density at radius 1 is 1.44 bits per heavy atom. The average Bonchev–Trinajstić information content (AvgIpc) is 2.83. The van der Waals surface area contributed by atoms with E-state index >= 15 is 0 Å². The molecule has 0 heterocycles. The van der Waals surface area contributed by atoms with E-state index in [1.54, 1.807) is 19.1 Å². The molecule has 1 aliphatic carbocycles. The van der Waals surface area contributed by atoms with Gasteiger partial charge in [0, 0.05) is 12.1 Å². The first-order valence-electron chi connectivity index (χ1n) is 6.33. The predicted molar refractivity (Wildman–Crippen MR) is 67.0 cm³/mol. The van der Waals surface area contributed by atoms with Gasteiger partial charge in [-0.1, -0.05) is 18.9 Å². The van der Waals surface area contributed by atoms with Crippen LogP contribution >= 0.6 is 0 Å². The lowest BCUT2D eigenvalue weighted by atomic mass is 10.2. The molecule has 1 aliphatic rings. The minimum atomic E-state index is -0.316. The van der Waals surface area contributed by atoms with Crippen LogP contribution in [0, 0.1) is 12.7 Å². The molecule has 4 heteroatoms. The molecule has 18 heavy (non-hydrogen) atoms. The minimum Gasteiger partial charge on any atom is -0.484 e. The van der Waals surface area contributed by atoms with Crippen LogP contribution in [-0.4, -0.2) is 18.6 Å². The summed E-state index contributed by atoms with van der Waals surface area (Å²) in [4.78, 5) is 11.6. The van der Waals surface area contributed by atoms with Crippen LogP contribution < -0.4 is 10.1 Å². The Hall–Kier alpha value is -1.58. The highest BCUT2D eigenvalue weighted by Crippen LogP contribution is 2.18. The van der Waals surface area contributed by atoms with Crippen molar-refractivity contribution in [2.75, 3.05) is 6.61 Å². The second-order valence-corrected chi connectivity index (χ2v) is 4.75. The van der Waals surface area contributed by atoms with Gasteiger partial charge in [-0.2, -0.15) is 0 Å². The fourth-order valence-electron chi connectivity index (χ4n) is 2.15. The molecule has 0 radical (unpaired) electrons. The first-order chi connectivity index (χ1) is 8.65. The third-order valence-electron chi connectivity index (χ3n) is 3.23. The van der Waals surface area contributed by atoms with Crippen LogP contribution in [0.3, 0.4) is 0 Å². The largest absolute Gasteiger partial charge is 0.484 e. The first-order valence-corrected chi connectivity index (χ1v) is 6.33. The van der Waals surface area contributed by atoms with Crippen molar-refractivity contribution in [1.82, 2.24) is 5.32 Å². The summed E-state index contributed by atoms with van der Waals surface area (Å²) in [5.74, 6) is -0.0637. The molecular formula is C14H18FNO2. The van der Waals surface area contributed by atoms with Gasteiger partial charge in [0.2, 0.25) is 0 Å². The number of halogens is 1. The quantitative estimate of drug-likeness (QED) is 0.893. The van der Waals surface area contributed by atoms with E-state index in [2.05, 4.69) is 5.32 Å². The van der Waals surface area contributed by atoms with E-state index in [1.165, 1.54) is 18.9 Å².